The zero-order chi connectivity index (χ0) is 16.2. The lowest BCUT2D eigenvalue weighted by atomic mass is 9.63. The number of likely N-dealkylation sites (tertiary alicyclic amines) is 2. The quantitative estimate of drug-likeness (QED) is 0.757. The van der Waals surface area contributed by atoms with Gasteiger partial charge in [-0.1, -0.05) is 20.3 Å². The maximum Gasteiger partial charge on any atom is 0.126 e. The Hall–Kier alpha value is -0.150. The predicted molar refractivity (Wildman–Crippen MR) is 93.1 cm³/mol. The molecule has 2 saturated heterocycles. The monoisotopic (exact) mass is 312 g/mol. The molecule has 1 aliphatic carbocycles. The minimum atomic E-state index is -0.921. The molecule has 0 N–H and O–H groups in total. The summed E-state index contributed by atoms with van der Waals surface area (Å²) >= 11 is 0. The van der Waals surface area contributed by atoms with Crippen molar-refractivity contribution in [1.82, 2.24) is 9.80 Å². The molecule has 0 unspecified atom stereocenters. The topological polar surface area (TPSA) is 6.48 Å². The summed E-state index contributed by atoms with van der Waals surface area (Å²) in [7, 11) is 0. The minimum absolute atomic E-state index is 0.563. The first-order valence-corrected chi connectivity index (χ1v) is 9.66. The number of rotatable bonds is 3. The van der Waals surface area contributed by atoms with E-state index in [0.29, 0.717) is 18.0 Å². The zero-order valence-corrected chi connectivity index (χ0v) is 15.3. The van der Waals surface area contributed by atoms with Crippen LogP contribution in [0.2, 0.25) is 0 Å². The van der Waals surface area contributed by atoms with Crippen LogP contribution in [0, 0.1) is 5.41 Å². The van der Waals surface area contributed by atoms with Crippen LogP contribution < -0.4 is 0 Å². The van der Waals surface area contributed by atoms with Crippen molar-refractivity contribution in [3.8, 4) is 0 Å². The molecule has 3 fully saturated rings. The molecular formula is C19H37FN2. The van der Waals surface area contributed by atoms with E-state index in [9.17, 15) is 0 Å². The lowest BCUT2D eigenvalue weighted by molar-refractivity contribution is -0.0191. The average Bonchev–Trinajstić information content (AvgIpc) is 2.49. The van der Waals surface area contributed by atoms with Crippen LogP contribution in [0.15, 0.2) is 0 Å². The number of hydrogen-bond donors (Lipinski definition) is 0. The Kier molecular flexibility index (Phi) is 6.30. The Balaban J connectivity index is 0.000000847. The number of nitrogens with zero attached hydrogens (tertiary/aromatic N) is 2. The molecule has 0 bridgehead atoms. The van der Waals surface area contributed by atoms with Crippen LogP contribution in [0.3, 0.4) is 0 Å². The molecule has 0 aromatic rings. The molecule has 22 heavy (non-hydrogen) atoms. The molecule has 1 saturated carbocycles. The lowest BCUT2D eigenvalue weighted by Crippen LogP contribution is -2.52. The summed E-state index contributed by atoms with van der Waals surface area (Å²) in [6.45, 7) is 13.3. The lowest BCUT2D eigenvalue weighted by Gasteiger charge is -2.49. The normalized spacial score (nSPS) is 28.1. The van der Waals surface area contributed by atoms with Crippen LogP contribution in [0.4, 0.5) is 4.39 Å². The van der Waals surface area contributed by atoms with Crippen LogP contribution in [0.5, 0.6) is 0 Å². The first-order valence-electron chi connectivity index (χ1n) is 9.66. The van der Waals surface area contributed by atoms with Crippen LogP contribution in [0.1, 0.15) is 72.6 Å². The fraction of sp³-hybridized carbons (Fsp3) is 1.00. The molecule has 3 rings (SSSR count). The maximum atomic E-state index is 15.0. The molecule has 2 aliphatic heterocycles. The summed E-state index contributed by atoms with van der Waals surface area (Å²) in [5, 5.41) is 0. The van der Waals surface area contributed by atoms with Gasteiger partial charge in [0.05, 0.1) is 0 Å². The van der Waals surface area contributed by atoms with Crippen molar-refractivity contribution in [3.05, 3.63) is 0 Å². The predicted octanol–water partition coefficient (Wildman–Crippen LogP) is 4.49. The third-order valence-electron chi connectivity index (χ3n) is 6.26. The van der Waals surface area contributed by atoms with E-state index >= 15 is 4.39 Å². The summed E-state index contributed by atoms with van der Waals surface area (Å²) in [6.07, 6.45) is 8.40. The molecule has 0 aromatic heterocycles. The van der Waals surface area contributed by atoms with Gasteiger partial charge in [0.1, 0.15) is 5.67 Å². The van der Waals surface area contributed by atoms with E-state index in [0.717, 1.165) is 39.0 Å². The summed E-state index contributed by atoms with van der Waals surface area (Å²) in [4.78, 5) is 4.83. The van der Waals surface area contributed by atoms with Crippen LogP contribution in [-0.2, 0) is 0 Å². The maximum absolute atomic E-state index is 15.0. The minimum Gasteiger partial charge on any atom is -0.301 e. The fourth-order valence-electron chi connectivity index (χ4n) is 4.36. The van der Waals surface area contributed by atoms with Crippen molar-refractivity contribution in [2.75, 3.05) is 32.7 Å². The molecule has 3 aliphatic rings. The van der Waals surface area contributed by atoms with E-state index in [1.165, 1.54) is 32.1 Å². The van der Waals surface area contributed by atoms with Gasteiger partial charge in [-0.3, -0.25) is 0 Å². The SMILES string of the molecule is CC.CC(C)N1CCC(F)(CN2CCC3(CCC3)CC2)CC1. The van der Waals surface area contributed by atoms with Gasteiger partial charge < -0.3 is 9.80 Å². The molecule has 0 atom stereocenters. The summed E-state index contributed by atoms with van der Waals surface area (Å²) in [6, 6.07) is 0.563. The Morgan fingerprint density at radius 3 is 1.82 bits per heavy atom. The fourth-order valence-corrected chi connectivity index (χ4v) is 4.36. The van der Waals surface area contributed by atoms with E-state index < -0.39 is 5.67 Å². The Bertz CT molecular complexity index is 320. The Morgan fingerprint density at radius 1 is 0.864 bits per heavy atom. The molecule has 3 heteroatoms. The third kappa shape index (κ3) is 4.23. The van der Waals surface area contributed by atoms with Crippen molar-refractivity contribution in [3.63, 3.8) is 0 Å². The first-order chi connectivity index (χ1) is 10.5. The summed E-state index contributed by atoms with van der Waals surface area (Å²) < 4.78 is 15.0. The second kappa shape index (κ2) is 7.61. The van der Waals surface area contributed by atoms with Gasteiger partial charge in [0.2, 0.25) is 0 Å². The average molecular weight is 313 g/mol. The van der Waals surface area contributed by atoms with Gasteiger partial charge in [-0.15, -0.1) is 0 Å². The number of piperidine rings is 2. The van der Waals surface area contributed by atoms with Gasteiger partial charge in [0.15, 0.2) is 0 Å². The first kappa shape index (κ1) is 18.2. The standard InChI is InChI=1S/C17H31FN2.C2H6/c1-15(2)20-12-8-17(18,9-13-20)14-19-10-6-16(7-11-19)4-3-5-16;1-2/h15H,3-14H2,1-2H3;1-2H3. The second-order valence-electron chi connectivity index (χ2n) is 7.91. The molecule has 0 amide bonds. The second-order valence-corrected chi connectivity index (χ2v) is 7.91. The molecule has 0 aromatic carbocycles. The molecule has 130 valence electrons. The van der Waals surface area contributed by atoms with Gasteiger partial charge in [-0.05, 0) is 70.9 Å². The van der Waals surface area contributed by atoms with Gasteiger partial charge in [0, 0.05) is 25.7 Å². The highest BCUT2D eigenvalue weighted by atomic mass is 19.1. The van der Waals surface area contributed by atoms with Crippen molar-refractivity contribution >= 4 is 0 Å². The van der Waals surface area contributed by atoms with Gasteiger partial charge in [0.25, 0.3) is 0 Å². The van der Waals surface area contributed by atoms with Crippen molar-refractivity contribution in [2.24, 2.45) is 5.41 Å². The number of alkyl halides is 1. The van der Waals surface area contributed by atoms with Gasteiger partial charge in [-0.25, -0.2) is 4.39 Å². The summed E-state index contributed by atoms with van der Waals surface area (Å²) in [5.74, 6) is 0. The zero-order valence-electron chi connectivity index (χ0n) is 15.3. The van der Waals surface area contributed by atoms with Crippen molar-refractivity contribution in [2.45, 2.75) is 84.4 Å². The van der Waals surface area contributed by atoms with Crippen molar-refractivity contribution < 1.29 is 4.39 Å². The molecule has 2 heterocycles. The highest BCUT2D eigenvalue weighted by molar-refractivity contribution is 4.95. The Morgan fingerprint density at radius 2 is 1.41 bits per heavy atom. The van der Waals surface area contributed by atoms with Crippen molar-refractivity contribution in [1.29, 1.82) is 0 Å². The van der Waals surface area contributed by atoms with E-state index in [4.69, 9.17) is 0 Å². The number of halogens is 1. The van der Waals surface area contributed by atoms with Crippen LogP contribution in [0.25, 0.3) is 0 Å². The molecule has 2 nitrogen and oxygen atoms in total. The highest BCUT2D eigenvalue weighted by Gasteiger charge is 2.42. The largest absolute Gasteiger partial charge is 0.301 e. The summed E-state index contributed by atoms with van der Waals surface area (Å²) in [5.41, 5.74) is -0.240. The van der Waals surface area contributed by atoms with Crippen LogP contribution >= 0.6 is 0 Å². The highest BCUT2D eigenvalue weighted by Crippen LogP contribution is 2.49. The van der Waals surface area contributed by atoms with Gasteiger partial charge in [-0.2, -0.15) is 0 Å². The van der Waals surface area contributed by atoms with E-state index in [2.05, 4.69) is 23.6 Å². The van der Waals surface area contributed by atoms with Crippen LogP contribution in [-0.4, -0.2) is 54.2 Å². The van der Waals surface area contributed by atoms with E-state index in [-0.39, 0.29) is 0 Å². The Labute approximate surface area is 137 Å². The molecular weight excluding hydrogens is 275 g/mol. The number of hydrogen-bond acceptors (Lipinski definition) is 2. The van der Waals surface area contributed by atoms with E-state index in [1.807, 2.05) is 13.8 Å². The van der Waals surface area contributed by atoms with Gasteiger partial charge >= 0.3 is 0 Å². The van der Waals surface area contributed by atoms with E-state index in [1.54, 1.807) is 0 Å². The smallest absolute Gasteiger partial charge is 0.126 e. The third-order valence-corrected chi connectivity index (χ3v) is 6.26. The molecule has 0 radical (unpaired) electrons. The molecule has 1 spiro atoms.